The molecule has 2 aliphatic heterocycles. The van der Waals surface area contributed by atoms with Crippen molar-refractivity contribution >= 4 is 17.5 Å². The Balaban J connectivity index is 1.37. The summed E-state index contributed by atoms with van der Waals surface area (Å²) in [5.41, 5.74) is 1.59. The molecule has 29 heavy (non-hydrogen) atoms. The molecule has 2 saturated heterocycles. The molecule has 0 bridgehead atoms. The second kappa shape index (κ2) is 6.99. The summed E-state index contributed by atoms with van der Waals surface area (Å²) < 4.78 is 1.60. The maximum absolute atomic E-state index is 13.4. The number of hydrogen-bond acceptors (Lipinski definition) is 4. The highest BCUT2D eigenvalue weighted by Gasteiger charge is 2.53. The van der Waals surface area contributed by atoms with E-state index >= 15 is 0 Å². The fourth-order valence-corrected chi connectivity index (χ4v) is 4.49. The normalized spacial score (nSPS) is 18.1. The molecular formula is C22H23N5O2. The van der Waals surface area contributed by atoms with E-state index in [4.69, 9.17) is 0 Å². The summed E-state index contributed by atoms with van der Waals surface area (Å²) in [7, 11) is 0. The van der Waals surface area contributed by atoms with Crippen molar-refractivity contribution in [3.63, 3.8) is 0 Å². The summed E-state index contributed by atoms with van der Waals surface area (Å²) in [4.78, 5) is 34.3. The van der Waals surface area contributed by atoms with Gasteiger partial charge in [-0.25, -0.2) is 9.50 Å². The molecule has 3 aromatic rings. The standard InChI is InChI=1S/C22H23N5O2/c28-20(18-13-19-23-9-6-12-27(19)24-18)26-15-22(16-26,14-17-7-2-1-3-8-17)21(29)25-10-4-5-11-25/h1-3,6-9,12-13H,4-5,10-11,14-16H2. The summed E-state index contributed by atoms with van der Waals surface area (Å²) in [5.74, 6) is 0.0352. The minimum Gasteiger partial charge on any atom is -0.342 e. The number of benzene rings is 1. The van der Waals surface area contributed by atoms with Gasteiger partial charge in [-0.15, -0.1) is 0 Å². The molecule has 7 nitrogen and oxygen atoms in total. The highest BCUT2D eigenvalue weighted by molar-refractivity contribution is 5.96. The van der Waals surface area contributed by atoms with Crippen molar-refractivity contribution in [3.8, 4) is 0 Å². The fourth-order valence-electron chi connectivity index (χ4n) is 4.49. The van der Waals surface area contributed by atoms with Crippen LogP contribution < -0.4 is 0 Å². The van der Waals surface area contributed by atoms with Gasteiger partial charge in [-0.1, -0.05) is 30.3 Å². The molecule has 7 heteroatoms. The first-order chi connectivity index (χ1) is 14.1. The number of carbonyl (C=O) groups excluding carboxylic acids is 2. The molecule has 0 spiro atoms. The van der Waals surface area contributed by atoms with Gasteiger partial charge in [0.25, 0.3) is 5.91 Å². The zero-order chi connectivity index (χ0) is 19.8. The van der Waals surface area contributed by atoms with Gasteiger partial charge in [-0.05, 0) is 30.9 Å². The topological polar surface area (TPSA) is 70.8 Å². The first-order valence-electron chi connectivity index (χ1n) is 10.1. The lowest BCUT2D eigenvalue weighted by atomic mass is 9.73. The van der Waals surface area contributed by atoms with Crippen LogP contribution in [0.2, 0.25) is 0 Å². The van der Waals surface area contributed by atoms with Gasteiger partial charge in [0.2, 0.25) is 5.91 Å². The Morgan fingerprint density at radius 1 is 1.00 bits per heavy atom. The smallest absolute Gasteiger partial charge is 0.274 e. The third-order valence-corrected chi connectivity index (χ3v) is 5.96. The van der Waals surface area contributed by atoms with Crippen LogP contribution in [0.25, 0.3) is 5.65 Å². The third kappa shape index (κ3) is 3.16. The van der Waals surface area contributed by atoms with E-state index in [2.05, 4.69) is 22.2 Å². The molecular weight excluding hydrogens is 366 g/mol. The number of nitrogens with zero attached hydrogens (tertiary/aromatic N) is 5. The summed E-state index contributed by atoms with van der Waals surface area (Å²) in [5, 5.41) is 4.34. The number of amides is 2. The van der Waals surface area contributed by atoms with E-state index in [9.17, 15) is 9.59 Å². The summed E-state index contributed by atoms with van der Waals surface area (Å²) in [6.07, 6.45) is 6.22. The molecule has 0 saturated carbocycles. The largest absolute Gasteiger partial charge is 0.342 e. The summed E-state index contributed by atoms with van der Waals surface area (Å²) >= 11 is 0. The van der Waals surface area contributed by atoms with Crippen LogP contribution in [0.15, 0.2) is 54.9 Å². The number of hydrogen-bond donors (Lipinski definition) is 0. The predicted octanol–water partition coefficient (Wildman–Crippen LogP) is 2.04. The minimum atomic E-state index is -0.543. The van der Waals surface area contributed by atoms with Crippen molar-refractivity contribution in [1.82, 2.24) is 24.4 Å². The molecule has 148 valence electrons. The fraction of sp³-hybridized carbons (Fsp3) is 0.364. The van der Waals surface area contributed by atoms with Crippen molar-refractivity contribution in [2.24, 2.45) is 5.41 Å². The second-order valence-electron chi connectivity index (χ2n) is 8.06. The van der Waals surface area contributed by atoms with E-state index in [0.29, 0.717) is 30.9 Å². The molecule has 0 atom stereocenters. The Kier molecular flexibility index (Phi) is 4.30. The van der Waals surface area contributed by atoms with Crippen LogP contribution in [0.3, 0.4) is 0 Å². The molecule has 5 rings (SSSR count). The lowest BCUT2D eigenvalue weighted by molar-refractivity contribution is -0.149. The van der Waals surface area contributed by atoms with E-state index in [-0.39, 0.29) is 11.8 Å². The van der Waals surface area contributed by atoms with E-state index in [0.717, 1.165) is 31.5 Å². The minimum absolute atomic E-state index is 0.145. The lowest BCUT2D eigenvalue weighted by Crippen LogP contribution is -2.65. The van der Waals surface area contributed by atoms with Gasteiger partial charge in [0, 0.05) is 44.6 Å². The van der Waals surface area contributed by atoms with E-state index in [1.165, 1.54) is 0 Å². The first kappa shape index (κ1) is 17.8. The molecule has 0 aliphatic carbocycles. The summed E-state index contributed by atoms with van der Waals surface area (Å²) in [6.45, 7) is 2.50. The van der Waals surface area contributed by atoms with Gasteiger partial charge in [-0.3, -0.25) is 9.59 Å². The predicted molar refractivity (Wildman–Crippen MR) is 107 cm³/mol. The van der Waals surface area contributed by atoms with Crippen LogP contribution in [-0.4, -0.2) is 62.4 Å². The van der Waals surface area contributed by atoms with Crippen molar-refractivity contribution < 1.29 is 9.59 Å². The number of carbonyl (C=O) groups is 2. The zero-order valence-corrected chi connectivity index (χ0v) is 16.2. The van der Waals surface area contributed by atoms with Crippen molar-refractivity contribution in [2.75, 3.05) is 26.2 Å². The van der Waals surface area contributed by atoms with Gasteiger partial charge in [0.1, 0.15) is 0 Å². The van der Waals surface area contributed by atoms with Crippen LogP contribution in [-0.2, 0) is 11.2 Å². The van der Waals surface area contributed by atoms with E-state index in [1.807, 2.05) is 23.1 Å². The molecule has 2 aromatic heterocycles. The van der Waals surface area contributed by atoms with Gasteiger partial charge in [0.15, 0.2) is 11.3 Å². The van der Waals surface area contributed by atoms with Crippen molar-refractivity contribution in [1.29, 1.82) is 0 Å². The average Bonchev–Trinajstić information content (AvgIpc) is 3.40. The number of likely N-dealkylation sites (tertiary alicyclic amines) is 2. The van der Waals surface area contributed by atoms with Crippen LogP contribution in [0.1, 0.15) is 28.9 Å². The highest BCUT2D eigenvalue weighted by atomic mass is 16.2. The Morgan fingerprint density at radius 3 is 2.48 bits per heavy atom. The first-order valence-corrected chi connectivity index (χ1v) is 10.1. The quantitative estimate of drug-likeness (QED) is 0.685. The number of fused-ring (bicyclic) bond motifs is 1. The Morgan fingerprint density at radius 2 is 1.76 bits per heavy atom. The van der Waals surface area contributed by atoms with E-state index in [1.54, 1.807) is 33.9 Å². The molecule has 2 aliphatic rings. The molecule has 2 fully saturated rings. The molecule has 0 N–H and O–H groups in total. The van der Waals surface area contributed by atoms with Crippen LogP contribution in [0.4, 0.5) is 0 Å². The van der Waals surface area contributed by atoms with Crippen LogP contribution in [0.5, 0.6) is 0 Å². The van der Waals surface area contributed by atoms with Gasteiger partial charge < -0.3 is 9.80 Å². The van der Waals surface area contributed by atoms with Gasteiger partial charge >= 0.3 is 0 Å². The SMILES string of the molecule is O=C(c1cc2ncccn2n1)N1CC(Cc2ccccc2)(C(=O)N2CCCC2)C1. The average molecular weight is 389 g/mol. The van der Waals surface area contributed by atoms with Crippen LogP contribution in [0, 0.1) is 5.41 Å². The Labute approximate surface area is 168 Å². The van der Waals surface area contributed by atoms with Gasteiger partial charge in [-0.2, -0.15) is 5.10 Å². The van der Waals surface area contributed by atoms with Crippen molar-refractivity contribution in [3.05, 3.63) is 66.1 Å². The maximum Gasteiger partial charge on any atom is 0.274 e. The molecule has 1 aromatic carbocycles. The maximum atomic E-state index is 13.4. The molecule has 0 radical (unpaired) electrons. The Hall–Kier alpha value is -3.22. The molecule has 4 heterocycles. The lowest BCUT2D eigenvalue weighted by Gasteiger charge is -2.50. The summed E-state index contributed by atoms with van der Waals surface area (Å²) in [6, 6.07) is 13.5. The molecule has 0 unspecified atom stereocenters. The van der Waals surface area contributed by atoms with Crippen LogP contribution >= 0.6 is 0 Å². The highest BCUT2D eigenvalue weighted by Crippen LogP contribution is 2.38. The third-order valence-electron chi connectivity index (χ3n) is 5.96. The van der Waals surface area contributed by atoms with Crippen molar-refractivity contribution in [2.45, 2.75) is 19.3 Å². The van der Waals surface area contributed by atoms with Gasteiger partial charge in [0.05, 0.1) is 5.41 Å². The Bertz CT molecular complexity index is 1020. The number of rotatable bonds is 4. The monoisotopic (exact) mass is 389 g/mol. The number of aromatic nitrogens is 3. The zero-order valence-electron chi connectivity index (χ0n) is 16.2. The van der Waals surface area contributed by atoms with E-state index < -0.39 is 5.41 Å². The second-order valence-corrected chi connectivity index (χ2v) is 8.06. The molecule has 2 amide bonds.